The summed E-state index contributed by atoms with van der Waals surface area (Å²) < 4.78 is 23.1. The standard InChI is InChI=1S/C49H60N10O20/c50-13-14-76-15-16-77-17-18-78-19-20-79-27-34-26-59(58-57-34)35-24-30(42(64)51-32-5-1-28(2-6-32)21-38(46(70)71)55-48(74)53-36(44(66)67)9-11-40(60)61)23-31(25-35)43(65)52-33-7-3-29(4-8-33)22-39(47(72)73)56-49(75)54-37(45(68)69)10-12-41(62)63/h1-8,23-26,36-39H,9-22,27,50H2,(H,51,64)(H,52,65)(H,60,61)(H,62,63)(H,66,67)(H,68,69)(H,70,71)(H,72,73)(H2,53,55,74)(H2,54,56,75). The van der Waals surface area contributed by atoms with Gasteiger partial charge in [0.25, 0.3) is 11.8 Å². The number of ether oxygens (including phenoxy) is 4. The van der Waals surface area contributed by atoms with E-state index in [1.165, 1.54) is 77.6 Å². The van der Waals surface area contributed by atoms with Crippen molar-refractivity contribution in [3.8, 4) is 5.69 Å². The number of carboxylic acid groups (broad SMARTS) is 6. The lowest BCUT2D eigenvalue weighted by molar-refractivity contribution is -0.142. The molecule has 4 unspecified atom stereocenters. The van der Waals surface area contributed by atoms with Crippen molar-refractivity contribution in [2.75, 3.05) is 63.4 Å². The van der Waals surface area contributed by atoms with Crippen LogP contribution in [0, 0.1) is 0 Å². The van der Waals surface area contributed by atoms with Crippen LogP contribution in [0.25, 0.3) is 5.69 Å². The third-order valence-electron chi connectivity index (χ3n) is 10.9. The van der Waals surface area contributed by atoms with Gasteiger partial charge in [0.15, 0.2) is 0 Å². The topological polar surface area (TPSA) is 458 Å². The van der Waals surface area contributed by atoms with Crippen LogP contribution in [0.1, 0.15) is 63.2 Å². The first-order valence-electron chi connectivity index (χ1n) is 24.1. The fraction of sp³-hybridized carbons (Fsp3) is 0.388. The van der Waals surface area contributed by atoms with Gasteiger partial charge in [-0.2, -0.15) is 0 Å². The number of hydrogen-bond acceptors (Lipinski definition) is 17. The summed E-state index contributed by atoms with van der Waals surface area (Å²) in [5.74, 6) is -10.0. The minimum absolute atomic E-state index is 0.0182. The minimum atomic E-state index is -1.61. The van der Waals surface area contributed by atoms with Crippen molar-refractivity contribution in [3.63, 3.8) is 0 Å². The van der Waals surface area contributed by atoms with Crippen LogP contribution in [0.4, 0.5) is 21.0 Å². The SMILES string of the molecule is NCCOCCOCCOCCOCc1cn(-c2cc(C(=O)Nc3ccc(CC(NC(=O)NC(CCC(=O)O)C(=O)O)C(=O)O)cc3)cc(C(=O)Nc3ccc(CC(NC(=O)NC(CCC(=O)O)C(=O)O)C(=O)O)cc3)c2)nn1. The van der Waals surface area contributed by atoms with Gasteiger partial charge >= 0.3 is 47.9 Å². The molecule has 0 aliphatic heterocycles. The van der Waals surface area contributed by atoms with E-state index in [9.17, 15) is 68.4 Å². The van der Waals surface area contributed by atoms with Gasteiger partial charge in [-0.25, -0.2) is 33.4 Å². The zero-order valence-corrected chi connectivity index (χ0v) is 42.2. The molecule has 426 valence electrons. The summed E-state index contributed by atoms with van der Waals surface area (Å²) in [4.78, 5) is 122. The molecule has 0 aliphatic rings. The van der Waals surface area contributed by atoms with Crippen LogP contribution in [0.3, 0.4) is 0 Å². The molecule has 0 radical (unpaired) electrons. The van der Waals surface area contributed by atoms with E-state index in [-0.39, 0.29) is 60.9 Å². The van der Waals surface area contributed by atoms with Crippen molar-refractivity contribution in [1.82, 2.24) is 36.3 Å². The van der Waals surface area contributed by atoms with Crippen LogP contribution in [0.5, 0.6) is 0 Å². The third-order valence-corrected chi connectivity index (χ3v) is 10.9. The Labute approximate surface area is 448 Å². The normalized spacial score (nSPS) is 12.4. The Kier molecular flexibility index (Phi) is 25.7. The highest BCUT2D eigenvalue weighted by Gasteiger charge is 2.27. The number of aromatic nitrogens is 3. The maximum Gasteiger partial charge on any atom is 0.326 e. The smallest absolute Gasteiger partial charge is 0.326 e. The molecule has 14 N–H and O–H groups in total. The van der Waals surface area contributed by atoms with E-state index in [0.29, 0.717) is 56.4 Å². The van der Waals surface area contributed by atoms with E-state index < -0.39 is 110 Å². The molecule has 4 rings (SSSR count). The maximum atomic E-state index is 13.9. The minimum Gasteiger partial charge on any atom is -0.481 e. The van der Waals surface area contributed by atoms with E-state index in [4.69, 9.17) is 34.9 Å². The zero-order valence-electron chi connectivity index (χ0n) is 42.2. The fourth-order valence-corrected chi connectivity index (χ4v) is 6.91. The molecule has 79 heavy (non-hydrogen) atoms. The first kappa shape index (κ1) is 62.4. The molecular weight excluding hydrogens is 1050 g/mol. The van der Waals surface area contributed by atoms with Crippen molar-refractivity contribution >= 4 is 71.1 Å². The third kappa shape index (κ3) is 23.0. The molecule has 0 spiro atoms. The molecule has 0 aliphatic carbocycles. The quantitative estimate of drug-likeness (QED) is 0.0276. The Morgan fingerprint density at radius 2 is 0.886 bits per heavy atom. The number of amides is 6. The molecule has 0 saturated carbocycles. The number of anilines is 2. The summed E-state index contributed by atoms with van der Waals surface area (Å²) in [6.07, 6.45) is -1.11. The van der Waals surface area contributed by atoms with E-state index in [1.54, 1.807) is 0 Å². The summed E-state index contributed by atoms with van der Waals surface area (Å²) in [6, 6.07) is 7.07. The van der Waals surface area contributed by atoms with E-state index in [1.807, 2.05) is 0 Å². The molecule has 30 heteroatoms. The van der Waals surface area contributed by atoms with E-state index in [2.05, 4.69) is 42.2 Å². The molecule has 3 aromatic carbocycles. The molecule has 30 nitrogen and oxygen atoms in total. The molecule has 0 bridgehead atoms. The number of benzene rings is 3. The van der Waals surface area contributed by atoms with Gasteiger partial charge in [0.1, 0.15) is 29.9 Å². The Hall–Kier alpha value is -9.10. The van der Waals surface area contributed by atoms with Gasteiger partial charge in [0, 0.05) is 54.7 Å². The van der Waals surface area contributed by atoms with Crippen LogP contribution >= 0.6 is 0 Å². The largest absolute Gasteiger partial charge is 0.481 e. The number of rotatable bonds is 36. The molecule has 1 aromatic heterocycles. The number of hydrogen-bond donors (Lipinski definition) is 13. The van der Waals surface area contributed by atoms with Crippen LogP contribution in [-0.4, -0.2) is 182 Å². The monoisotopic (exact) mass is 1110 g/mol. The summed E-state index contributed by atoms with van der Waals surface area (Å²) in [6.45, 7) is 2.83. The van der Waals surface area contributed by atoms with Gasteiger partial charge in [-0.05, 0) is 66.4 Å². The summed E-state index contributed by atoms with van der Waals surface area (Å²) >= 11 is 0. The Bertz CT molecular complexity index is 2590. The first-order valence-corrected chi connectivity index (χ1v) is 24.1. The highest BCUT2D eigenvalue weighted by Crippen LogP contribution is 2.20. The number of aliphatic carboxylic acids is 6. The van der Waals surface area contributed by atoms with Crippen molar-refractivity contribution < 1.29 is 97.5 Å². The fourth-order valence-electron chi connectivity index (χ4n) is 6.91. The van der Waals surface area contributed by atoms with Gasteiger partial charge in [-0.1, -0.05) is 29.5 Å². The second kappa shape index (κ2) is 32.5. The van der Waals surface area contributed by atoms with Crippen LogP contribution < -0.4 is 37.6 Å². The molecule has 4 aromatic rings. The molecular formula is C49H60N10O20. The van der Waals surface area contributed by atoms with Crippen molar-refractivity contribution in [2.45, 2.75) is 69.3 Å². The maximum absolute atomic E-state index is 13.9. The van der Waals surface area contributed by atoms with Gasteiger partial charge in [-0.15, -0.1) is 5.10 Å². The second-order valence-electron chi connectivity index (χ2n) is 17.0. The number of carbonyl (C=O) groups is 10. The number of carboxylic acids is 6. The Morgan fingerprint density at radius 1 is 0.506 bits per heavy atom. The summed E-state index contributed by atoms with van der Waals surface area (Å²) in [5.41, 5.74) is 7.05. The first-order chi connectivity index (χ1) is 37.7. The Morgan fingerprint density at radius 3 is 1.27 bits per heavy atom. The van der Waals surface area contributed by atoms with Gasteiger partial charge in [-0.3, -0.25) is 19.2 Å². The number of nitrogens with two attached hydrogens (primary N) is 1. The van der Waals surface area contributed by atoms with Crippen LogP contribution in [0.2, 0.25) is 0 Å². The lowest BCUT2D eigenvalue weighted by Gasteiger charge is -2.18. The van der Waals surface area contributed by atoms with Crippen molar-refractivity contribution in [1.29, 1.82) is 0 Å². The van der Waals surface area contributed by atoms with E-state index in [0.717, 1.165) is 0 Å². The predicted molar refractivity (Wildman–Crippen MR) is 271 cm³/mol. The lowest BCUT2D eigenvalue weighted by Crippen LogP contribution is -2.51. The molecule has 1 heterocycles. The zero-order chi connectivity index (χ0) is 57.9. The highest BCUT2D eigenvalue weighted by molar-refractivity contribution is 6.09. The van der Waals surface area contributed by atoms with E-state index >= 15 is 0 Å². The van der Waals surface area contributed by atoms with Gasteiger partial charge in [0.2, 0.25) is 0 Å². The highest BCUT2D eigenvalue weighted by atomic mass is 16.6. The van der Waals surface area contributed by atoms with Crippen molar-refractivity contribution in [2.24, 2.45) is 5.73 Å². The number of carbonyl (C=O) groups excluding carboxylic acids is 4. The second-order valence-corrected chi connectivity index (χ2v) is 17.0. The lowest BCUT2D eigenvalue weighted by atomic mass is 10.0. The summed E-state index contributed by atoms with van der Waals surface area (Å²) in [7, 11) is 0. The molecule has 4 atom stereocenters. The molecule has 0 fully saturated rings. The van der Waals surface area contributed by atoms with Gasteiger partial charge in [0.05, 0.1) is 64.7 Å². The number of nitrogens with one attached hydrogen (secondary N) is 6. The van der Waals surface area contributed by atoms with Crippen LogP contribution in [-0.2, 0) is 67.2 Å². The van der Waals surface area contributed by atoms with Gasteiger partial charge < -0.3 is 87.2 Å². The molecule has 0 saturated heterocycles. The summed E-state index contributed by atoms with van der Waals surface area (Å²) in [5, 5.41) is 78.2. The number of nitrogens with zero attached hydrogens (tertiary/aromatic N) is 3. The predicted octanol–water partition coefficient (Wildman–Crippen LogP) is 0.523. The average molecular weight is 1110 g/mol. The van der Waals surface area contributed by atoms with Crippen molar-refractivity contribution in [3.05, 3.63) is 101 Å². The number of urea groups is 2. The molecule has 6 amide bonds. The van der Waals surface area contributed by atoms with Crippen LogP contribution in [0.15, 0.2) is 72.9 Å². The Balaban J connectivity index is 1.48. The average Bonchev–Trinajstić information content (AvgIpc) is 3.94.